The molecule has 62 heavy (non-hydrogen) atoms. The molecule has 4 aliphatic rings. The lowest BCUT2D eigenvalue weighted by Crippen LogP contribution is -2.82. The Morgan fingerprint density at radius 1 is 0.919 bits per heavy atom. The summed E-state index contributed by atoms with van der Waals surface area (Å²) in [7, 11) is 0. The van der Waals surface area contributed by atoms with Crippen LogP contribution in [0, 0.1) is 16.7 Å². The number of nitrogens with two attached hydrogens (primary N) is 1. The summed E-state index contributed by atoms with van der Waals surface area (Å²) >= 11 is 17.5. The summed E-state index contributed by atoms with van der Waals surface area (Å²) in [6.45, 7) is 6.88. The number of rotatable bonds is 10. The van der Waals surface area contributed by atoms with Gasteiger partial charge in [-0.1, -0.05) is 97.2 Å². The van der Waals surface area contributed by atoms with E-state index >= 15 is 4.79 Å². The minimum Gasteiger partial charge on any atom is -0.456 e. The van der Waals surface area contributed by atoms with Crippen molar-refractivity contribution in [2.75, 3.05) is 13.2 Å². The molecule has 2 aromatic rings. The number of halogens is 3. The predicted octanol–water partition coefficient (Wildman–Crippen LogP) is 4.80. The van der Waals surface area contributed by atoms with Gasteiger partial charge in [0.1, 0.15) is 36.6 Å². The van der Waals surface area contributed by atoms with Crippen LogP contribution in [0.25, 0.3) is 0 Å². The average molecular weight is 925 g/mol. The number of ketones is 1. The first kappa shape index (κ1) is 47.2. The first-order valence-electron chi connectivity index (χ1n) is 19.7. The van der Waals surface area contributed by atoms with E-state index in [2.05, 4.69) is 0 Å². The molecular weight excluding hydrogens is 877 g/mol. The van der Waals surface area contributed by atoms with E-state index < -0.39 is 130 Å². The summed E-state index contributed by atoms with van der Waals surface area (Å²) in [6.07, 6.45) is -12.3. The third-order valence-electron chi connectivity index (χ3n) is 12.8. The lowest BCUT2D eigenvalue weighted by Gasteiger charge is -2.67. The molecule has 1 heterocycles. The molecule has 0 radical (unpaired) electrons. The van der Waals surface area contributed by atoms with Gasteiger partial charge in [-0.3, -0.25) is 14.4 Å². The molecule has 19 heteroatoms. The summed E-state index contributed by atoms with van der Waals surface area (Å²) < 4.78 is 39.2. The molecule has 1 saturated heterocycles. The van der Waals surface area contributed by atoms with Gasteiger partial charge in [0.2, 0.25) is 3.79 Å². The van der Waals surface area contributed by atoms with Crippen molar-refractivity contribution in [3.8, 4) is 0 Å². The molecule has 11 atom stereocenters. The number of hydrogen-bond donors (Lipinski definition) is 3. The molecule has 2 bridgehead atoms. The minimum atomic E-state index is -2.46. The Labute approximate surface area is 372 Å². The van der Waals surface area contributed by atoms with Crippen LogP contribution in [0.2, 0.25) is 0 Å². The highest BCUT2D eigenvalue weighted by atomic mass is 35.6. The van der Waals surface area contributed by atoms with Crippen molar-refractivity contribution in [1.82, 2.24) is 0 Å². The molecule has 0 spiro atoms. The van der Waals surface area contributed by atoms with E-state index in [-0.39, 0.29) is 23.1 Å². The van der Waals surface area contributed by atoms with Gasteiger partial charge in [-0.15, -0.1) is 0 Å². The van der Waals surface area contributed by atoms with Crippen molar-refractivity contribution in [3.05, 3.63) is 82.9 Å². The maximum Gasteiger partial charge on any atom is 0.508 e. The van der Waals surface area contributed by atoms with E-state index in [0.717, 1.165) is 13.8 Å². The van der Waals surface area contributed by atoms with Crippen molar-refractivity contribution in [3.63, 3.8) is 0 Å². The molecule has 3 fully saturated rings. The van der Waals surface area contributed by atoms with Crippen molar-refractivity contribution >= 4 is 70.6 Å². The number of esters is 4. The van der Waals surface area contributed by atoms with Gasteiger partial charge in [0.15, 0.2) is 23.6 Å². The number of aliphatic hydroxyl groups excluding tert-OH is 1. The van der Waals surface area contributed by atoms with Crippen molar-refractivity contribution < 1.29 is 72.1 Å². The molecule has 4 N–H and O–H groups in total. The van der Waals surface area contributed by atoms with Gasteiger partial charge in [0, 0.05) is 32.1 Å². The van der Waals surface area contributed by atoms with Crippen LogP contribution in [0.3, 0.4) is 0 Å². The topological polar surface area (TPSA) is 234 Å². The fourth-order valence-electron chi connectivity index (χ4n) is 9.67. The molecule has 6 rings (SSSR count). The number of hydrogen-bond acceptors (Lipinski definition) is 16. The van der Waals surface area contributed by atoms with Crippen LogP contribution in [-0.2, 0) is 52.3 Å². The van der Waals surface area contributed by atoms with E-state index in [0.29, 0.717) is 5.56 Å². The number of alkyl halides is 3. The van der Waals surface area contributed by atoms with E-state index in [4.69, 9.17) is 73.7 Å². The minimum absolute atomic E-state index is 0.0207. The first-order chi connectivity index (χ1) is 28.9. The monoisotopic (exact) mass is 923 g/mol. The zero-order valence-electron chi connectivity index (χ0n) is 34.6. The number of aliphatic hydroxyl groups is 2. The van der Waals surface area contributed by atoms with Crippen molar-refractivity contribution in [1.29, 1.82) is 0 Å². The number of ether oxygens (including phenoxy) is 7. The Morgan fingerprint density at radius 2 is 1.53 bits per heavy atom. The van der Waals surface area contributed by atoms with E-state index in [1.807, 2.05) is 0 Å². The normalized spacial score (nSPS) is 32.2. The van der Waals surface area contributed by atoms with Crippen molar-refractivity contribution in [2.24, 2.45) is 22.5 Å². The van der Waals surface area contributed by atoms with E-state index in [1.54, 1.807) is 48.5 Å². The Hall–Kier alpha value is -4.29. The molecule has 2 saturated carbocycles. The van der Waals surface area contributed by atoms with Crippen LogP contribution >= 0.6 is 34.8 Å². The highest BCUT2D eigenvalue weighted by Gasteiger charge is 2.79. The predicted molar refractivity (Wildman–Crippen MR) is 218 cm³/mol. The average Bonchev–Trinajstić information content (AvgIpc) is 3.20. The van der Waals surface area contributed by atoms with Crippen LogP contribution in [0.4, 0.5) is 4.79 Å². The van der Waals surface area contributed by atoms with Crippen LogP contribution in [-0.4, -0.2) is 111 Å². The standard InChI is InChI=1S/C43H48Cl3NO15/c1-21-26(59-37(53)31(50)30(47)24-13-9-7-10-14-24)18-42(55)35(61-36(52)25-15-11-8-12-16-25)33-40(6,34(51)32(58-22(2)48)29(21)39(42,4)5)27(60-38(54)57-20-43(44,45)46)17-28-41(33,19-56-28)62-23(3)49/h7-16,26-28,30-33,35,50,55H,17-20,47H2,1-6H3/t26-,27+,28-,30-,31+,32-,33-,35-,40-,41?,42-/m1/s1. The Balaban J connectivity index is 1.60. The lowest BCUT2D eigenvalue weighted by atomic mass is 9.44. The molecule has 16 nitrogen and oxygen atoms in total. The van der Waals surface area contributed by atoms with Gasteiger partial charge < -0.3 is 49.1 Å². The van der Waals surface area contributed by atoms with Crippen LogP contribution in [0.5, 0.6) is 0 Å². The smallest absolute Gasteiger partial charge is 0.456 e. The lowest BCUT2D eigenvalue weighted by molar-refractivity contribution is -0.346. The maximum atomic E-state index is 15.9. The maximum absolute atomic E-state index is 15.9. The third kappa shape index (κ3) is 8.42. The van der Waals surface area contributed by atoms with Gasteiger partial charge in [-0.2, -0.15) is 0 Å². The first-order valence-corrected chi connectivity index (χ1v) is 20.8. The molecule has 0 amide bonds. The van der Waals surface area contributed by atoms with Gasteiger partial charge >= 0.3 is 30.0 Å². The SMILES string of the molecule is CC(=O)O[C@H]1C(=O)[C@]2(C)[C@@H](OC(=O)OCC(Cl)(Cl)Cl)C[C@H]3OCC3(OC(C)=O)[C@@H]2[C@@H](OC(=O)c2ccccc2)[C@]2(O)C[C@@H](OC(=O)[C@@H](O)[C@H](N)c3ccccc3)C(C)=C1C2(C)C. The van der Waals surface area contributed by atoms with Gasteiger partial charge in [-0.05, 0) is 42.7 Å². The zero-order valence-corrected chi connectivity index (χ0v) is 36.9. The molecule has 1 aliphatic heterocycles. The zero-order chi connectivity index (χ0) is 45.7. The van der Waals surface area contributed by atoms with Crippen LogP contribution in [0.1, 0.15) is 76.3 Å². The second-order valence-electron chi connectivity index (χ2n) is 16.8. The van der Waals surface area contributed by atoms with Gasteiger partial charge in [0.05, 0.1) is 29.5 Å². The Kier molecular flexibility index (Phi) is 13.2. The fraction of sp³-hybridized carbons (Fsp3) is 0.535. The summed E-state index contributed by atoms with van der Waals surface area (Å²) in [5, 5.41) is 24.9. The molecule has 0 aromatic heterocycles. The molecule has 336 valence electrons. The molecule has 3 aliphatic carbocycles. The number of benzene rings is 2. The summed E-state index contributed by atoms with van der Waals surface area (Å²) in [5.41, 5.74) is -1.49. The Morgan fingerprint density at radius 3 is 2.08 bits per heavy atom. The number of carbonyl (C=O) groups is 6. The molecule has 1 unspecified atom stereocenters. The number of fused-ring (bicyclic) bond motifs is 5. The van der Waals surface area contributed by atoms with Gasteiger partial charge in [-0.25, -0.2) is 14.4 Å². The quantitative estimate of drug-likeness (QED) is 0.126. The molecular formula is C43H48Cl3NO15. The summed E-state index contributed by atoms with van der Waals surface area (Å²) in [5.74, 6) is -6.62. The summed E-state index contributed by atoms with van der Waals surface area (Å²) in [6, 6.07) is 14.7. The highest BCUT2D eigenvalue weighted by molar-refractivity contribution is 6.67. The van der Waals surface area contributed by atoms with E-state index in [1.165, 1.54) is 39.8 Å². The fourth-order valence-corrected chi connectivity index (χ4v) is 9.84. The summed E-state index contributed by atoms with van der Waals surface area (Å²) in [4.78, 5) is 83.7. The van der Waals surface area contributed by atoms with E-state index in [9.17, 15) is 34.2 Å². The molecule has 2 aromatic carbocycles. The number of carbonyl (C=O) groups excluding carboxylic acids is 6. The van der Waals surface area contributed by atoms with Crippen LogP contribution in [0.15, 0.2) is 71.8 Å². The Bertz CT molecular complexity index is 2130. The third-order valence-corrected chi connectivity index (χ3v) is 13.1. The number of Topliss-reactive ketones (excluding diaryl/α,β-unsaturated/α-hetero) is 1. The van der Waals surface area contributed by atoms with Crippen LogP contribution < -0.4 is 5.73 Å². The second-order valence-corrected chi connectivity index (χ2v) is 19.3. The highest BCUT2D eigenvalue weighted by Crippen LogP contribution is 2.65. The van der Waals surface area contributed by atoms with Crippen molar-refractivity contribution in [2.45, 2.75) is 112 Å². The largest absolute Gasteiger partial charge is 0.508 e. The second kappa shape index (κ2) is 17.4. The van der Waals surface area contributed by atoms with Gasteiger partial charge in [0.25, 0.3) is 0 Å².